The Balaban J connectivity index is 2.70. The normalized spacial score (nSPS) is 12.3. The average molecular weight is 174 g/mol. The molecular formula is C8H5F3O. The SMILES string of the molecule is CCc1c(F)c(F)c(F)c2c1O2. The number of halogens is 3. The van der Waals surface area contributed by atoms with E-state index in [1.165, 1.54) is 0 Å². The zero-order chi connectivity index (χ0) is 8.88. The summed E-state index contributed by atoms with van der Waals surface area (Å²) in [4.78, 5) is 0. The molecule has 0 aromatic heterocycles. The molecule has 0 saturated heterocycles. The highest BCUT2D eigenvalue weighted by Gasteiger charge is 2.35. The lowest BCUT2D eigenvalue weighted by Crippen LogP contribution is -1.91. The van der Waals surface area contributed by atoms with Gasteiger partial charge in [0.15, 0.2) is 17.4 Å². The van der Waals surface area contributed by atoms with E-state index in [-0.39, 0.29) is 17.1 Å². The first kappa shape index (κ1) is 7.46. The van der Waals surface area contributed by atoms with Gasteiger partial charge in [-0.1, -0.05) is 6.92 Å². The maximum Gasteiger partial charge on any atom is 0.209 e. The molecule has 1 heterocycles. The number of rotatable bonds is 1. The van der Waals surface area contributed by atoms with E-state index in [4.69, 9.17) is 0 Å². The van der Waals surface area contributed by atoms with Crippen LogP contribution in [0.1, 0.15) is 12.5 Å². The number of hydrogen-bond donors (Lipinski definition) is 0. The van der Waals surface area contributed by atoms with Crippen molar-refractivity contribution in [2.45, 2.75) is 13.3 Å². The van der Waals surface area contributed by atoms with Crippen LogP contribution in [0, 0.1) is 17.5 Å². The van der Waals surface area contributed by atoms with Crippen molar-refractivity contribution in [3.8, 4) is 11.5 Å². The van der Waals surface area contributed by atoms with Crippen molar-refractivity contribution in [1.29, 1.82) is 0 Å². The Morgan fingerprint density at radius 3 is 2.25 bits per heavy atom. The van der Waals surface area contributed by atoms with E-state index in [1.807, 2.05) is 0 Å². The Hall–Kier alpha value is -1.19. The van der Waals surface area contributed by atoms with Crippen molar-refractivity contribution in [3.63, 3.8) is 0 Å². The predicted octanol–water partition coefficient (Wildman–Crippen LogP) is 2.77. The van der Waals surface area contributed by atoms with Gasteiger partial charge in [-0.15, -0.1) is 0 Å². The lowest BCUT2D eigenvalue weighted by molar-refractivity contribution is 0.442. The highest BCUT2D eigenvalue weighted by molar-refractivity contribution is 5.61. The molecular weight excluding hydrogens is 169 g/mol. The van der Waals surface area contributed by atoms with Crippen LogP contribution in [0.2, 0.25) is 0 Å². The molecule has 1 nitrogen and oxygen atoms in total. The van der Waals surface area contributed by atoms with Gasteiger partial charge in [-0.05, 0) is 6.42 Å². The van der Waals surface area contributed by atoms with Crippen LogP contribution in [0.3, 0.4) is 0 Å². The molecule has 0 atom stereocenters. The second-order valence-corrected chi connectivity index (χ2v) is 2.53. The molecule has 1 aromatic rings. The van der Waals surface area contributed by atoms with Crippen molar-refractivity contribution in [2.24, 2.45) is 0 Å². The molecule has 0 unspecified atom stereocenters. The summed E-state index contributed by atoms with van der Waals surface area (Å²) in [5.41, 5.74) is 0.115. The van der Waals surface area contributed by atoms with Crippen LogP contribution in [0.25, 0.3) is 0 Å². The van der Waals surface area contributed by atoms with Crippen molar-refractivity contribution < 1.29 is 17.9 Å². The molecule has 1 aliphatic rings. The van der Waals surface area contributed by atoms with Gasteiger partial charge in [-0.3, -0.25) is 0 Å². The van der Waals surface area contributed by atoms with Gasteiger partial charge in [-0.2, -0.15) is 4.39 Å². The number of fused-ring (bicyclic) bond motifs is 1. The fourth-order valence-corrected chi connectivity index (χ4v) is 1.16. The topological polar surface area (TPSA) is 12.5 Å². The first-order chi connectivity index (χ1) is 5.66. The van der Waals surface area contributed by atoms with Crippen LogP contribution in [-0.2, 0) is 6.42 Å². The standard InChI is InChI=1S/C8H5F3O/c1-2-3-4(9)5(10)6(11)8-7(3)12-8/h2H2,1H3. The molecule has 0 N–H and O–H groups in total. The van der Waals surface area contributed by atoms with E-state index in [9.17, 15) is 13.2 Å². The van der Waals surface area contributed by atoms with Crippen molar-refractivity contribution in [1.82, 2.24) is 0 Å². The van der Waals surface area contributed by atoms with E-state index in [2.05, 4.69) is 4.74 Å². The Morgan fingerprint density at radius 2 is 1.67 bits per heavy atom. The maximum absolute atomic E-state index is 12.9. The fourth-order valence-electron chi connectivity index (χ4n) is 1.16. The molecule has 1 aliphatic heterocycles. The minimum absolute atomic E-state index is 0.115. The van der Waals surface area contributed by atoms with Gasteiger partial charge in [0.25, 0.3) is 0 Å². The van der Waals surface area contributed by atoms with Gasteiger partial charge in [0.1, 0.15) is 0 Å². The summed E-state index contributed by atoms with van der Waals surface area (Å²) in [7, 11) is 0. The highest BCUT2D eigenvalue weighted by atomic mass is 19.2. The summed E-state index contributed by atoms with van der Waals surface area (Å²) in [6, 6.07) is 0. The lowest BCUT2D eigenvalue weighted by Gasteiger charge is -1.95. The Kier molecular flexibility index (Phi) is 1.34. The van der Waals surface area contributed by atoms with Crippen LogP contribution in [0.4, 0.5) is 13.2 Å². The van der Waals surface area contributed by atoms with Crippen LogP contribution in [0.5, 0.6) is 11.5 Å². The zero-order valence-electron chi connectivity index (χ0n) is 6.25. The molecule has 0 bridgehead atoms. The quantitative estimate of drug-likeness (QED) is 0.478. The lowest BCUT2D eigenvalue weighted by atomic mass is 10.1. The molecule has 0 spiro atoms. The Morgan fingerprint density at radius 1 is 1.00 bits per heavy atom. The van der Waals surface area contributed by atoms with Gasteiger partial charge in [-0.25, -0.2) is 8.78 Å². The van der Waals surface area contributed by atoms with Crippen molar-refractivity contribution >= 4 is 0 Å². The third-order valence-electron chi connectivity index (χ3n) is 1.85. The summed E-state index contributed by atoms with van der Waals surface area (Å²) < 4.78 is 42.7. The van der Waals surface area contributed by atoms with Gasteiger partial charge < -0.3 is 4.74 Å². The first-order valence-electron chi connectivity index (χ1n) is 3.54. The molecule has 0 saturated carbocycles. The minimum atomic E-state index is -1.44. The predicted molar refractivity (Wildman–Crippen MR) is 35.8 cm³/mol. The summed E-state index contributed by atoms with van der Waals surface area (Å²) >= 11 is 0. The second-order valence-electron chi connectivity index (χ2n) is 2.53. The van der Waals surface area contributed by atoms with E-state index in [0.29, 0.717) is 6.42 Å². The van der Waals surface area contributed by atoms with E-state index < -0.39 is 17.5 Å². The molecule has 64 valence electrons. The van der Waals surface area contributed by atoms with Gasteiger partial charge >= 0.3 is 0 Å². The number of benzene rings is 1. The van der Waals surface area contributed by atoms with Crippen LogP contribution >= 0.6 is 0 Å². The molecule has 4 heteroatoms. The molecule has 0 fully saturated rings. The van der Waals surface area contributed by atoms with Crippen LogP contribution in [0.15, 0.2) is 0 Å². The number of ether oxygens (including phenoxy) is 1. The van der Waals surface area contributed by atoms with E-state index >= 15 is 0 Å². The van der Waals surface area contributed by atoms with Crippen molar-refractivity contribution in [3.05, 3.63) is 23.0 Å². The summed E-state index contributed by atoms with van der Waals surface area (Å²) in [6.45, 7) is 1.65. The third kappa shape index (κ3) is 0.748. The number of hydrogen-bond acceptors (Lipinski definition) is 1. The maximum atomic E-state index is 12.9. The Bertz CT molecular complexity index is 360. The zero-order valence-corrected chi connectivity index (χ0v) is 6.25. The highest BCUT2D eigenvalue weighted by Crippen LogP contribution is 2.52. The monoisotopic (exact) mass is 174 g/mol. The molecule has 2 rings (SSSR count). The van der Waals surface area contributed by atoms with Gasteiger partial charge in [0.2, 0.25) is 11.6 Å². The van der Waals surface area contributed by atoms with E-state index in [0.717, 1.165) is 0 Å². The van der Waals surface area contributed by atoms with Crippen molar-refractivity contribution in [2.75, 3.05) is 0 Å². The van der Waals surface area contributed by atoms with Gasteiger partial charge in [0, 0.05) is 5.56 Å². The third-order valence-corrected chi connectivity index (χ3v) is 1.85. The Labute approximate surface area is 66.8 Å². The summed E-state index contributed by atoms with van der Waals surface area (Å²) in [5, 5.41) is 0. The smallest absolute Gasteiger partial charge is 0.209 e. The fraction of sp³-hybridized carbons (Fsp3) is 0.250. The largest absolute Gasteiger partial charge is 0.446 e. The minimum Gasteiger partial charge on any atom is -0.446 e. The van der Waals surface area contributed by atoms with Crippen LogP contribution < -0.4 is 4.74 Å². The summed E-state index contributed by atoms with van der Waals surface area (Å²) in [6.07, 6.45) is 0.297. The summed E-state index contributed by atoms with van der Waals surface area (Å²) in [5.74, 6) is -3.78. The van der Waals surface area contributed by atoms with Gasteiger partial charge in [0.05, 0.1) is 0 Å². The first-order valence-corrected chi connectivity index (χ1v) is 3.54. The second kappa shape index (κ2) is 2.15. The molecule has 0 amide bonds. The molecule has 0 aliphatic carbocycles. The van der Waals surface area contributed by atoms with E-state index in [1.54, 1.807) is 6.92 Å². The van der Waals surface area contributed by atoms with Crippen LogP contribution in [-0.4, -0.2) is 0 Å². The molecule has 1 aromatic carbocycles. The average Bonchev–Trinajstić information content (AvgIpc) is 2.81. The molecule has 12 heavy (non-hydrogen) atoms. The molecule has 0 radical (unpaired) electrons.